The van der Waals surface area contributed by atoms with Gasteiger partial charge in [0.1, 0.15) is 6.33 Å². The highest BCUT2D eigenvalue weighted by molar-refractivity contribution is 7.14. The molecular formula is C5H6N5OP. The Morgan fingerprint density at radius 2 is 2.42 bits per heavy atom. The van der Waals surface area contributed by atoms with E-state index in [1.807, 2.05) is 0 Å². The highest BCUT2D eigenvalue weighted by Crippen LogP contribution is 2.07. The van der Waals surface area contributed by atoms with E-state index in [1.165, 1.54) is 6.33 Å². The van der Waals surface area contributed by atoms with Crippen LogP contribution >= 0.6 is 9.39 Å². The van der Waals surface area contributed by atoms with Crippen molar-refractivity contribution in [1.82, 2.24) is 19.3 Å². The van der Waals surface area contributed by atoms with Crippen LogP contribution in [0.1, 0.15) is 0 Å². The highest BCUT2D eigenvalue weighted by atomic mass is 31.0. The largest absolute Gasteiger partial charge is 0.369 e. The Hall–Kier alpha value is -1.42. The van der Waals surface area contributed by atoms with E-state index in [9.17, 15) is 4.79 Å². The summed E-state index contributed by atoms with van der Waals surface area (Å²) in [6.07, 6.45) is 1.48. The van der Waals surface area contributed by atoms with Crippen LogP contribution in [0.3, 0.4) is 0 Å². The van der Waals surface area contributed by atoms with E-state index in [0.717, 1.165) is 0 Å². The molecule has 0 spiro atoms. The topological polar surface area (TPSA) is 89.6 Å². The molecule has 6 nitrogen and oxygen atoms in total. The summed E-state index contributed by atoms with van der Waals surface area (Å²) in [7, 11) is 2.36. The minimum absolute atomic E-state index is 0.0942. The molecule has 0 aliphatic rings. The summed E-state index contributed by atoms with van der Waals surface area (Å²) in [6, 6.07) is 0. The zero-order chi connectivity index (χ0) is 8.72. The summed E-state index contributed by atoms with van der Waals surface area (Å²) < 4.78 is 1.56. The summed E-state index contributed by atoms with van der Waals surface area (Å²) in [5.74, 6) is 0.0942. The van der Waals surface area contributed by atoms with Gasteiger partial charge in [0, 0.05) is 0 Å². The second kappa shape index (κ2) is 2.28. The van der Waals surface area contributed by atoms with Gasteiger partial charge in [0.15, 0.2) is 11.2 Å². The fourth-order valence-electron chi connectivity index (χ4n) is 0.943. The summed E-state index contributed by atoms with van der Waals surface area (Å²) >= 11 is 0. The molecule has 0 aromatic carbocycles. The van der Waals surface area contributed by atoms with Crippen molar-refractivity contribution in [2.75, 3.05) is 5.73 Å². The number of fused-ring (bicyclic) bond motifs is 1. The molecule has 0 radical (unpaired) electrons. The summed E-state index contributed by atoms with van der Waals surface area (Å²) in [5, 5.41) is 0. The molecule has 3 N–H and O–H groups in total. The molecule has 2 rings (SSSR count). The molecule has 0 saturated carbocycles. The van der Waals surface area contributed by atoms with E-state index in [-0.39, 0.29) is 11.5 Å². The number of nitrogens with one attached hydrogen (secondary N) is 1. The molecule has 12 heavy (non-hydrogen) atoms. The number of hydrogen-bond donors (Lipinski definition) is 2. The van der Waals surface area contributed by atoms with Gasteiger partial charge in [0.25, 0.3) is 5.56 Å². The molecule has 0 amide bonds. The molecule has 62 valence electrons. The maximum absolute atomic E-state index is 11.2. The van der Waals surface area contributed by atoms with Crippen LogP contribution in [0.4, 0.5) is 5.95 Å². The van der Waals surface area contributed by atoms with Crippen molar-refractivity contribution in [2.24, 2.45) is 0 Å². The Morgan fingerprint density at radius 1 is 1.67 bits per heavy atom. The fourth-order valence-corrected chi connectivity index (χ4v) is 1.19. The number of aromatic amines is 1. The van der Waals surface area contributed by atoms with Crippen LogP contribution in [-0.4, -0.2) is 19.3 Å². The zero-order valence-corrected chi connectivity index (χ0v) is 7.14. The first-order valence-corrected chi connectivity index (χ1v) is 3.68. The third kappa shape index (κ3) is 0.887. The van der Waals surface area contributed by atoms with Crippen molar-refractivity contribution in [3.63, 3.8) is 0 Å². The monoisotopic (exact) mass is 183 g/mol. The van der Waals surface area contributed by atoms with Gasteiger partial charge in [-0.05, 0) is 9.39 Å². The predicted molar refractivity (Wildman–Crippen MR) is 47.7 cm³/mol. The van der Waals surface area contributed by atoms with Crippen LogP contribution in [-0.2, 0) is 0 Å². The summed E-state index contributed by atoms with van der Waals surface area (Å²) in [4.78, 5) is 21.2. The molecule has 2 aromatic rings. The van der Waals surface area contributed by atoms with Crippen molar-refractivity contribution in [2.45, 2.75) is 0 Å². The van der Waals surface area contributed by atoms with Gasteiger partial charge < -0.3 is 5.73 Å². The van der Waals surface area contributed by atoms with Crippen molar-refractivity contribution in [1.29, 1.82) is 0 Å². The van der Waals surface area contributed by atoms with Crippen molar-refractivity contribution < 1.29 is 0 Å². The van der Waals surface area contributed by atoms with Gasteiger partial charge in [-0.25, -0.2) is 4.98 Å². The quantitative estimate of drug-likeness (QED) is 0.530. The van der Waals surface area contributed by atoms with E-state index < -0.39 is 0 Å². The normalized spacial score (nSPS) is 10.8. The van der Waals surface area contributed by atoms with Gasteiger partial charge in [0.2, 0.25) is 5.95 Å². The Bertz CT molecular complexity index is 486. The lowest BCUT2D eigenvalue weighted by atomic mass is 10.5. The van der Waals surface area contributed by atoms with Gasteiger partial charge >= 0.3 is 0 Å². The number of nitrogen functional groups attached to an aromatic ring is 1. The molecule has 2 heterocycles. The SMILES string of the molecule is Nc1nc2c(ncn2P)c(=O)[nH]1. The van der Waals surface area contributed by atoms with Crippen LogP contribution in [0.2, 0.25) is 0 Å². The molecule has 1 atom stereocenters. The predicted octanol–water partition coefficient (Wildman–Crippen LogP) is -0.660. The number of anilines is 1. The maximum atomic E-state index is 11.2. The molecule has 0 aliphatic heterocycles. The number of nitrogens with zero attached hydrogens (tertiary/aromatic N) is 3. The smallest absolute Gasteiger partial charge is 0.280 e. The molecule has 1 unspecified atom stereocenters. The number of H-pyrrole nitrogens is 1. The second-order valence-corrected chi connectivity index (χ2v) is 2.83. The standard InChI is InChI=1S/C5H6N5OP/c6-5-8-3-2(4(11)9-5)7-1-10(3)12/h1H,12H2,(H3,6,8,9,11). The summed E-state index contributed by atoms with van der Waals surface area (Å²) in [6.45, 7) is 0. The van der Waals surface area contributed by atoms with Crippen molar-refractivity contribution in [3.05, 3.63) is 16.7 Å². The van der Waals surface area contributed by atoms with Gasteiger partial charge in [-0.15, -0.1) is 0 Å². The minimum Gasteiger partial charge on any atom is -0.369 e. The number of imidazole rings is 1. The van der Waals surface area contributed by atoms with Crippen molar-refractivity contribution >= 4 is 26.5 Å². The second-order valence-electron chi connectivity index (χ2n) is 2.28. The first-order chi connectivity index (χ1) is 5.68. The molecule has 2 aromatic heterocycles. The Balaban J connectivity index is 3.03. The van der Waals surface area contributed by atoms with Crippen LogP contribution in [0.5, 0.6) is 0 Å². The zero-order valence-electron chi connectivity index (χ0n) is 5.98. The maximum Gasteiger partial charge on any atom is 0.280 e. The Labute approximate surface area is 69.1 Å². The first kappa shape index (κ1) is 7.24. The third-order valence-electron chi connectivity index (χ3n) is 1.45. The average Bonchev–Trinajstić information content (AvgIpc) is 2.33. The molecule has 0 fully saturated rings. The van der Waals surface area contributed by atoms with E-state index in [4.69, 9.17) is 5.73 Å². The van der Waals surface area contributed by atoms with E-state index in [2.05, 4.69) is 24.3 Å². The van der Waals surface area contributed by atoms with Gasteiger partial charge in [-0.3, -0.25) is 14.1 Å². The van der Waals surface area contributed by atoms with E-state index in [0.29, 0.717) is 11.2 Å². The van der Waals surface area contributed by atoms with Gasteiger partial charge in [-0.2, -0.15) is 4.98 Å². The van der Waals surface area contributed by atoms with Crippen LogP contribution in [0, 0.1) is 0 Å². The lowest BCUT2D eigenvalue weighted by molar-refractivity contribution is 1.16. The molecule has 0 saturated heterocycles. The van der Waals surface area contributed by atoms with Crippen LogP contribution in [0.25, 0.3) is 11.2 Å². The van der Waals surface area contributed by atoms with E-state index in [1.54, 1.807) is 4.34 Å². The fraction of sp³-hybridized carbons (Fsp3) is 0. The Kier molecular flexibility index (Phi) is 1.38. The van der Waals surface area contributed by atoms with Crippen LogP contribution in [0.15, 0.2) is 11.1 Å². The van der Waals surface area contributed by atoms with Crippen molar-refractivity contribution in [3.8, 4) is 0 Å². The van der Waals surface area contributed by atoms with E-state index >= 15 is 0 Å². The molecular weight excluding hydrogens is 177 g/mol. The van der Waals surface area contributed by atoms with Gasteiger partial charge in [-0.1, -0.05) is 0 Å². The summed E-state index contributed by atoms with van der Waals surface area (Å²) in [5.41, 5.74) is 5.77. The lowest BCUT2D eigenvalue weighted by Gasteiger charge is -1.93. The number of nitrogens with two attached hydrogens (primary N) is 1. The number of aromatic nitrogens is 4. The molecule has 7 heteroatoms. The minimum atomic E-state index is -0.321. The highest BCUT2D eigenvalue weighted by Gasteiger charge is 2.05. The Morgan fingerprint density at radius 3 is 3.17 bits per heavy atom. The average molecular weight is 183 g/mol. The number of hydrogen-bond acceptors (Lipinski definition) is 4. The molecule has 0 bridgehead atoms. The third-order valence-corrected chi connectivity index (χ3v) is 1.83. The lowest BCUT2D eigenvalue weighted by Crippen LogP contribution is -2.11. The first-order valence-electron chi connectivity index (χ1n) is 3.16. The van der Waals surface area contributed by atoms with Gasteiger partial charge in [0.05, 0.1) is 0 Å². The number of rotatable bonds is 0. The molecule has 0 aliphatic carbocycles. The van der Waals surface area contributed by atoms with Crippen LogP contribution < -0.4 is 11.3 Å².